The third kappa shape index (κ3) is 6.28. The van der Waals surface area contributed by atoms with Crippen molar-refractivity contribution in [2.75, 3.05) is 42.5 Å². The molecule has 0 atom stereocenters. The molecule has 0 bridgehead atoms. The fraction of sp³-hybridized carbons (Fsp3) is 0.345. The van der Waals surface area contributed by atoms with E-state index in [2.05, 4.69) is 0 Å². The lowest BCUT2D eigenvalue weighted by Crippen LogP contribution is -2.47. The number of carbonyl (C=O) groups excluding carboxylic acids is 1. The number of carboxylic acid groups (broad SMARTS) is 1. The molecule has 41 heavy (non-hydrogen) atoms. The molecule has 1 N–H and O–H groups in total. The maximum atomic E-state index is 14.4. The Bertz CT molecular complexity index is 1600. The number of halogens is 1. The van der Waals surface area contributed by atoms with Crippen LogP contribution in [0, 0.1) is 12.7 Å². The number of carbonyl (C=O) groups is 2. The molecular formula is C29H30FN5O4S2. The average Bonchev–Trinajstić information content (AvgIpc) is 3.22. The molecule has 3 aromatic rings. The van der Waals surface area contributed by atoms with Gasteiger partial charge in [-0.05, 0) is 49.6 Å². The first kappa shape index (κ1) is 28.7. The van der Waals surface area contributed by atoms with Gasteiger partial charge in [0.15, 0.2) is 0 Å². The number of unbranched alkanes of at least 4 members (excludes halogenated alkanes) is 2. The third-order valence-electron chi connectivity index (χ3n) is 7.18. The van der Waals surface area contributed by atoms with Crippen LogP contribution in [0.5, 0.6) is 0 Å². The van der Waals surface area contributed by atoms with E-state index in [0.29, 0.717) is 83.9 Å². The summed E-state index contributed by atoms with van der Waals surface area (Å²) in [6, 6.07) is 10.4. The Labute approximate surface area is 246 Å². The summed E-state index contributed by atoms with van der Waals surface area (Å²) in [5.41, 5.74) is 1.95. The highest BCUT2D eigenvalue weighted by Gasteiger charge is 2.33. The van der Waals surface area contributed by atoms with Crippen LogP contribution >= 0.6 is 24.0 Å². The van der Waals surface area contributed by atoms with Crippen molar-refractivity contribution in [1.82, 2.24) is 14.3 Å². The number of piperazine rings is 1. The summed E-state index contributed by atoms with van der Waals surface area (Å²) in [4.78, 5) is 48.6. The monoisotopic (exact) mass is 595 g/mol. The molecule has 214 valence electrons. The van der Waals surface area contributed by atoms with Crippen molar-refractivity contribution in [1.29, 1.82) is 0 Å². The molecule has 5 rings (SSSR count). The van der Waals surface area contributed by atoms with Crippen molar-refractivity contribution < 1.29 is 19.1 Å². The predicted octanol–water partition coefficient (Wildman–Crippen LogP) is 4.31. The lowest BCUT2D eigenvalue weighted by molar-refractivity contribution is -0.137. The number of thioether (sulfide) groups is 1. The van der Waals surface area contributed by atoms with E-state index in [1.807, 2.05) is 28.9 Å². The highest BCUT2D eigenvalue weighted by atomic mass is 32.2. The SMILES string of the molecule is Cc1ccc2nc(N3CCN(c4ccccc4F)CC3)c(/C=C3/SC(=S)N(CCCCCC(=O)O)C3=O)c(=O)n2c1. The smallest absolute Gasteiger partial charge is 0.303 e. The second-order valence-corrected chi connectivity index (χ2v) is 11.7. The van der Waals surface area contributed by atoms with Gasteiger partial charge in [0, 0.05) is 45.3 Å². The fourth-order valence-corrected chi connectivity index (χ4v) is 6.32. The first-order valence-corrected chi connectivity index (χ1v) is 14.7. The molecule has 2 aliphatic heterocycles. The van der Waals surface area contributed by atoms with E-state index in [1.54, 1.807) is 30.5 Å². The van der Waals surface area contributed by atoms with Gasteiger partial charge in [0.25, 0.3) is 11.5 Å². The highest BCUT2D eigenvalue weighted by molar-refractivity contribution is 8.26. The van der Waals surface area contributed by atoms with Crippen LogP contribution in [-0.2, 0) is 9.59 Å². The van der Waals surface area contributed by atoms with Crippen LogP contribution in [-0.4, -0.2) is 68.3 Å². The Kier molecular flexibility index (Phi) is 8.69. The zero-order valence-corrected chi connectivity index (χ0v) is 24.2. The predicted molar refractivity (Wildman–Crippen MR) is 163 cm³/mol. The van der Waals surface area contributed by atoms with E-state index in [0.717, 1.165) is 17.3 Å². The van der Waals surface area contributed by atoms with Crippen LogP contribution in [0.3, 0.4) is 0 Å². The molecule has 0 radical (unpaired) electrons. The zero-order chi connectivity index (χ0) is 29.1. The van der Waals surface area contributed by atoms with E-state index >= 15 is 0 Å². The lowest BCUT2D eigenvalue weighted by Gasteiger charge is -2.37. The Morgan fingerprint density at radius 2 is 1.80 bits per heavy atom. The quantitative estimate of drug-likeness (QED) is 0.220. The molecule has 2 fully saturated rings. The summed E-state index contributed by atoms with van der Waals surface area (Å²) in [5, 5.41) is 8.83. The van der Waals surface area contributed by atoms with Crippen molar-refractivity contribution in [2.45, 2.75) is 32.6 Å². The number of aryl methyl sites for hydroxylation is 1. The summed E-state index contributed by atoms with van der Waals surface area (Å²) in [6.07, 6.45) is 5.24. The molecule has 0 unspecified atom stereocenters. The first-order valence-electron chi connectivity index (χ1n) is 13.5. The van der Waals surface area contributed by atoms with Gasteiger partial charge < -0.3 is 14.9 Å². The van der Waals surface area contributed by atoms with Gasteiger partial charge in [-0.1, -0.05) is 48.6 Å². The van der Waals surface area contributed by atoms with Crippen LogP contribution in [0.2, 0.25) is 0 Å². The van der Waals surface area contributed by atoms with Crippen LogP contribution < -0.4 is 15.4 Å². The zero-order valence-electron chi connectivity index (χ0n) is 22.6. The number of anilines is 2. The molecule has 2 aliphatic rings. The fourth-order valence-electron chi connectivity index (χ4n) is 5.03. The van der Waals surface area contributed by atoms with Gasteiger partial charge in [-0.25, -0.2) is 9.37 Å². The van der Waals surface area contributed by atoms with Gasteiger partial charge in [0.1, 0.15) is 21.6 Å². The van der Waals surface area contributed by atoms with Crippen LogP contribution in [0.25, 0.3) is 11.7 Å². The number of fused-ring (bicyclic) bond motifs is 1. The lowest BCUT2D eigenvalue weighted by atomic mass is 10.2. The van der Waals surface area contributed by atoms with E-state index < -0.39 is 5.97 Å². The second-order valence-electron chi connectivity index (χ2n) is 10.1. The van der Waals surface area contributed by atoms with Crippen LogP contribution in [0.15, 0.2) is 52.3 Å². The number of carboxylic acids is 1. The minimum atomic E-state index is -0.839. The normalized spacial score (nSPS) is 16.8. The minimum Gasteiger partial charge on any atom is -0.481 e. The molecule has 12 heteroatoms. The maximum absolute atomic E-state index is 14.4. The number of benzene rings is 1. The van der Waals surface area contributed by atoms with E-state index in [1.165, 1.54) is 15.4 Å². The van der Waals surface area contributed by atoms with Crippen LogP contribution in [0.1, 0.15) is 36.8 Å². The molecular weight excluding hydrogens is 565 g/mol. The molecule has 0 saturated carbocycles. The van der Waals surface area contributed by atoms with Gasteiger partial charge in [-0.2, -0.15) is 0 Å². The van der Waals surface area contributed by atoms with Gasteiger partial charge in [0.05, 0.1) is 16.2 Å². The van der Waals surface area contributed by atoms with Gasteiger partial charge in [-0.3, -0.25) is 23.7 Å². The van der Waals surface area contributed by atoms with Crippen molar-refractivity contribution in [3.05, 3.63) is 74.8 Å². The number of pyridine rings is 1. The first-order chi connectivity index (χ1) is 19.7. The molecule has 1 aromatic carbocycles. The topological polar surface area (TPSA) is 98.5 Å². The van der Waals surface area contributed by atoms with Crippen molar-refractivity contribution in [3.8, 4) is 0 Å². The summed E-state index contributed by atoms with van der Waals surface area (Å²) in [7, 11) is 0. The number of hydrogen-bond donors (Lipinski definition) is 1. The summed E-state index contributed by atoms with van der Waals surface area (Å²) < 4.78 is 16.3. The Balaban J connectivity index is 1.42. The molecule has 0 aliphatic carbocycles. The molecule has 2 saturated heterocycles. The van der Waals surface area contributed by atoms with Crippen LogP contribution in [0.4, 0.5) is 15.9 Å². The molecule has 9 nitrogen and oxygen atoms in total. The number of aliphatic carboxylic acids is 1. The molecule has 4 heterocycles. The Morgan fingerprint density at radius 3 is 2.54 bits per heavy atom. The van der Waals surface area contributed by atoms with Crippen molar-refractivity contribution >= 4 is 63.4 Å². The van der Waals surface area contributed by atoms with Gasteiger partial charge >= 0.3 is 5.97 Å². The van der Waals surface area contributed by atoms with Gasteiger partial charge in [-0.15, -0.1) is 0 Å². The Morgan fingerprint density at radius 1 is 1.07 bits per heavy atom. The highest BCUT2D eigenvalue weighted by Crippen LogP contribution is 2.34. The number of rotatable bonds is 9. The van der Waals surface area contributed by atoms with E-state index in [9.17, 15) is 18.8 Å². The maximum Gasteiger partial charge on any atom is 0.303 e. The van der Waals surface area contributed by atoms with Crippen molar-refractivity contribution in [2.24, 2.45) is 0 Å². The molecule has 0 spiro atoms. The number of para-hydroxylation sites is 1. The number of thiocarbonyl (C=S) groups is 1. The average molecular weight is 596 g/mol. The number of nitrogens with zero attached hydrogens (tertiary/aromatic N) is 5. The molecule has 2 aromatic heterocycles. The number of hydrogen-bond acceptors (Lipinski definition) is 8. The van der Waals surface area contributed by atoms with Crippen molar-refractivity contribution in [3.63, 3.8) is 0 Å². The number of amides is 1. The van der Waals surface area contributed by atoms with E-state index in [4.69, 9.17) is 22.3 Å². The largest absolute Gasteiger partial charge is 0.481 e. The number of aromatic nitrogens is 2. The standard InChI is InChI=1S/C29H30FN5O4S2/c1-19-10-11-24-31-26(33-15-13-32(14-16-33)22-8-5-4-7-21(22)30)20(27(38)35(24)18-19)17-23-28(39)34(29(40)41-23)12-6-2-3-9-25(36)37/h4-5,7-8,10-11,17-18H,2-3,6,9,12-16H2,1H3,(H,36,37)/b23-17+. The molecule has 1 amide bonds. The summed E-state index contributed by atoms with van der Waals surface area (Å²) in [5.74, 6) is -0.912. The summed E-state index contributed by atoms with van der Waals surface area (Å²) >= 11 is 6.62. The van der Waals surface area contributed by atoms with E-state index in [-0.39, 0.29) is 23.7 Å². The van der Waals surface area contributed by atoms with Gasteiger partial charge in [0.2, 0.25) is 0 Å². The second kappa shape index (κ2) is 12.4. The minimum absolute atomic E-state index is 0.0913. The Hall–Kier alpha value is -3.77. The third-order valence-corrected chi connectivity index (χ3v) is 8.56. The summed E-state index contributed by atoms with van der Waals surface area (Å²) in [6.45, 7) is 4.39.